The Morgan fingerprint density at radius 1 is 1.03 bits per heavy atom. The summed E-state index contributed by atoms with van der Waals surface area (Å²) in [6.07, 6.45) is 12.4. The molecule has 2 N–H and O–H groups in total. The van der Waals surface area contributed by atoms with Crippen LogP contribution in [0.2, 0.25) is 0 Å². The second-order valence-corrected chi connectivity index (χ2v) is 14.5. The molecule has 0 amide bonds. The van der Waals surface area contributed by atoms with Gasteiger partial charge in [0.15, 0.2) is 0 Å². The average Bonchev–Trinajstić information content (AvgIpc) is 3.05. The minimum Gasteiger partial charge on any atom is -0.461 e. The number of hydrogen-bond acceptors (Lipinski definition) is 4. The van der Waals surface area contributed by atoms with Crippen LogP contribution in [0.15, 0.2) is 23.3 Å². The van der Waals surface area contributed by atoms with E-state index in [1.165, 1.54) is 11.1 Å². The van der Waals surface area contributed by atoms with Gasteiger partial charge in [-0.2, -0.15) is 0 Å². The molecular formula is C30H44O4. The van der Waals surface area contributed by atoms with Crippen LogP contribution < -0.4 is 0 Å². The summed E-state index contributed by atoms with van der Waals surface area (Å²) in [5.74, 6) is 0.743. The molecule has 1 saturated heterocycles. The molecule has 10 atom stereocenters. The second kappa shape index (κ2) is 6.59. The van der Waals surface area contributed by atoms with E-state index in [1.807, 2.05) is 0 Å². The first-order chi connectivity index (χ1) is 15.8. The summed E-state index contributed by atoms with van der Waals surface area (Å²) in [5.41, 5.74) is 2.40. The maximum absolute atomic E-state index is 12.8. The third-order valence-electron chi connectivity index (χ3n) is 13.1. The van der Waals surface area contributed by atoms with Gasteiger partial charge in [-0.15, -0.1) is 0 Å². The van der Waals surface area contributed by atoms with Gasteiger partial charge in [0.05, 0.1) is 18.1 Å². The number of rotatable bonds is 1. The molecule has 0 aromatic rings. The van der Waals surface area contributed by atoms with Crippen molar-refractivity contribution < 1.29 is 19.7 Å². The van der Waals surface area contributed by atoms with Gasteiger partial charge < -0.3 is 14.9 Å². The van der Waals surface area contributed by atoms with Crippen molar-refractivity contribution in [2.45, 2.75) is 105 Å². The fourth-order valence-corrected chi connectivity index (χ4v) is 10.4. The van der Waals surface area contributed by atoms with E-state index in [1.54, 1.807) is 0 Å². The molecule has 1 aliphatic heterocycles. The first kappa shape index (κ1) is 23.3. The first-order valence-corrected chi connectivity index (χ1v) is 13.7. The molecule has 0 spiro atoms. The van der Waals surface area contributed by atoms with Crippen LogP contribution in [-0.2, 0) is 9.53 Å². The highest BCUT2D eigenvalue weighted by molar-refractivity contribution is 5.80. The van der Waals surface area contributed by atoms with Crippen LogP contribution in [0.4, 0.5) is 0 Å². The topological polar surface area (TPSA) is 66.8 Å². The van der Waals surface area contributed by atoms with Gasteiger partial charge in [0.2, 0.25) is 0 Å². The lowest BCUT2D eigenvalue weighted by atomic mass is 9.35. The molecule has 2 unspecified atom stereocenters. The molecule has 6 aliphatic rings. The van der Waals surface area contributed by atoms with Crippen molar-refractivity contribution in [3.8, 4) is 0 Å². The van der Waals surface area contributed by atoms with Crippen molar-refractivity contribution in [2.75, 3.05) is 6.61 Å². The van der Waals surface area contributed by atoms with E-state index in [0.29, 0.717) is 11.8 Å². The summed E-state index contributed by atoms with van der Waals surface area (Å²) < 4.78 is 5.99. The number of ether oxygens (including phenoxy) is 1. The highest BCUT2D eigenvalue weighted by Crippen LogP contribution is 2.74. The van der Waals surface area contributed by atoms with Crippen molar-refractivity contribution in [1.29, 1.82) is 0 Å². The van der Waals surface area contributed by atoms with Crippen molar-refractivity contribution >= 4 is 5.97 Å². The van der Waals surface area contributed by atoms with Crippen LogP contribution in [0.25, 0.3) is 0 Å². The van der Waals surface area contributed by atoms with Crippen molar-refractivity contribution in [1.82, 2.24) is 0 Å². The van der Waals surface area contributed by atoms with Gasteiger partial charge in [0.25, 0.3) is 0 Å². The summed E-state index contributed by atoms with van der Waals surface area (Å²) in [6, 6.07) is 0. The number of allylic oxidation sites excluding steroid dienone is 3. The van der Waals surface area contributed by atoms with Gasteiger partial charge >= 0.3 is 5.97 Å². The van der Waals surface area contributed by atoms with E-state index in [0.717, 1.165) is 51.4 Å². The molecule has 3 saturated carbocycles. The SMILES string of the molecule is C[C@@]12CC3=C4C=CC5[C@@]6(C)CC[C@H](O)[C@](C)(CO)C6CC[C@@]5(C)[C@]4(C)CC[C@@]3(C)[C@@H](C1)OC2=O. The lowest BCUT2D eigenvalue weighted by molar-refractivity contribution is -0.198. The van der Waals surface area contributed by atoms with Gasteiger partial charge in [-0.25, -0.2) is 0 Å². The normalized spacial score (nSPS) is 57.9. The largest absolute Gasteiger partial charge is 0.461 e. The summed E-state index contributed by atoms with van der Waals surface area (Å²) in [6.45, 7) is 14.1. The van der Waals surface area contributed by atoms with Gasteiger partial charge in [-0.05, 0) is 85.5 Å². The van der Waals surface area contributed by atoms with Crippen LogP contribution in [0.1, 0.15) is 92.9 Å². The van der Waals surface area contributed by atoms with E-state index >= 15 is 0 Å². The number of esters is 1. The van der Waals surface area contributed by atoms with Gasteiger partial charge in [0, 0.05) is 17.3 Å². The Morgan fingerprint density at radius 2 is 1.76 bits per heavy atom. The number of carbonyl (C=O) groups excluding carboxylic acids is 1. The predicted octanol–water partition coefficient (Wildman–Crippen LogP) is 5.58. The Kier molecular flexibility index (Phi) is 4.51. The van der Waals surface area contributed by atoms with Gasteiger partial charge in [-0.1, -0.05) is 52.3 Å². The fraction of sp³-hybridized carbons (Fsp3) is 0.833. The van der Waals surface area contributed by atoms with Crippen molar-refractivity contribution in [2.24, 2.45) is 44.3 Å². The lowest BCUT2D eigenvalue weighted by Gasteiger charge is -2.69. The molecule has 4 heteroatoms. The molecule has 34 heavy (non-hydrogen) atoms. The van der Waals surface area contributed by atoms with Crippen LogP contribution in [0, 0.1) is 44.3 Å². The third-order valence-corrected chi connectivity index (χ3v) is 13.1. The zero-order chi connectivity index (χ0) is 24.5. The van der Waals surface area contributed by atoms with Crippen molar-refractivity contribution in [3.63, 3.8) is 0 Å². The predicted molar refractivity (Wildman–Crippen MR) is 132 cm³/mol. The second-order valence-electron chi connectivity index (χ2n) is 14.5. The summed E-state index contributed by atoms with van der Waals surface area (Å²) in [4.78, 5) is 12.8. The Morgan fingerprint density at radius 3 is 2.47 bits per heavy atom. The summed E-state index contributed by atoms with van der Waals surface area (Å²) in [7, 11) is 0. The minimum atomic E-state index is -0.429. The summed E-state index contributed by atoms with van der Waals surface area (Å²) in [5, 5.41) is 21.3. The van der Waals surface area contributed by atoms with E-state index < -0.39 is 11.5 Å². The van der Waals surface area contributed by atoms with Crippen LogP contribution >= 0.6 is 0 Å². The number of fused-ring (bicyclic) bond motifs is 9. The Hall–Kier alpha value is -1.13. The molecule has 0 radical (unpaired) electrons. The Balaban J connectivity index is 1.50. The molecule has 0 aromatic heterocycles. The Bertz CT molecular complexity index is 1010. The number of hydrogen-bond donors (Lipinski definition) is 2. The molecule has 0 aromatic carbocycles. The average molecular weight is 469 g/mol. The lowest BCUT2D eigenvalue weighted by Crippen LogP contribution is -2.64. The van der Waals surface area contributed by atoms with Crippen LogP contribution in [0.3, 0.4) is 0 Å². The molecule has 4 fully saturated rings. The van der Waals surface area contributed by atoms with E-state index in [-0.39, 0.29) is 45.8 Å². The molecule has 4 nitrogen and oxygen atoms in total. The highest BCUT2D eigenvalue weighted by Gasteiger charge is 2.69. The highest BCUT2D eigenvalue weighted by atomic mass is 16.6. The van der Waals surface area contributed by atoms with Gasteiger partial charge in [-0.3, -0.25) is 4.79 Å². The van der Waals surface area contributed by atoms with E-state index in [2.05, 4.69) is 53.7 Å². The van der Waals surface area contributed by atoms with Crippen LogP contribution in [-0.4, -0.2) is 35.0 Å². The molecule has 5 aliphatic carbocycles. The molecule has 6 rings (SSSR count). The zero-order valence-electron chi connectivity index (χ0n) is 22.0. The monoisotopic (exact) mass is 468 g/mol. The van der Waals surface area contributed by atoms with Crippen LogP contribution in [0.5, 0.6) is 0 Å². The molecule has 188 valence electrons. The van der Waals surface area contributed by atoms with E-state index in [4.69, 9.17) is 4.74 Å². The molecular weight excluding hydrogens is 424 g/mol. The zero-order valence-corrected chi connectivity index (χ0v) is 22.0. The standard InChI is InChI=1S/C30H44O4/c1-25-15-19-18-7-8-21-27(3)11-10-22(32)28(4,17-31)20(27)9-12-30(21,6)29(18,5)14-13-26(19,2)23(16-25)34-24(25)33/h7-8,20-23,31-32H,9-17H2,1-6H3/t20?,21?,22-,23+,25+,26+,27-,28+,29+,30+/m0/s1. The quantitative estimate of drug-likeness (QED) is 0.493. The minimum absolute atomic E-state index is 0.00359. The van der Waals surface area contributed by atoms with Gasteiger partial charge in [0.1, 0.15) is 6.10 Å². The maximum Gasteiger partial charge on any atom is 0.312 e. The maximum atomic E-state index is 12.8. The number of carbonyl (C=O) groups is 1. The number of aliphatic hydroxyl groups is 2. The summed E-state index contributed by atoms with van der Waals surface area (Å²) >= 11 is 0. The Labute approximate surface area is 205 Å². The molecule has 2 bridgehead atoms. The smallest absolute Gasteiger partial charge is 0.312 e. The first-order valence-electron chi connectivity index (χ1n) is 13.7. The third kappa shape index (κ3) is 2.41. The van der Waals surface area contributed by atoms with E-state index in [9.17, 15) is 15.0 Å². The molecule has 1 heterocycles. The number of aliphatic hydroxyl groups excluding tert-OH is 2. The fourth-order valence-electron chi connectivity index (χ4n) is 10.4. The van der Waals surface area contributed by atoms with Crippen molar-refractivity contribution in [3.05, 3.63) is 23.3 Å².